The second kappa shape index (κ2) is 5.01. The summed E-state index contributed by atoms with van der Waals surface area (Å²) in [6.07, 6.45) is 1.67. The van der Waals surface area contributed by atoms with Crippen LogP contribution in [0.3, 0.4) is 0 Å². The van der Waals surface area contributed by atoms with Crippen molar-refractivity contribution in [3.8, 4) is 0 Å². The van der Waals surface area contributed by atoms with Gasteiger partial charge in [0.05, 0.1) is 18.9 Å². The van der Waals surface area contributed by atoms with Crippen molar-refractivity contribution in [2.24, 2.45) is 0 Å². The van der Waals surface area contributed by atoms with Crippen LogP contribution in [0.5, 0.6) is 0 Å². The molecule has 0 bridgehead atoms. The van der Waals surface area contributed by atoms with Crippen molar-refractivity contribution in [3.63, 3.8) is 0 Å². The van der Waals surface area contributed by atoms with Gasteiger partial charge < -0.3 is 20.7 Å². The van der Waals surface area contributed by atoms with E-state index in [1.807, 2.05) is 4.90 Å². The summed E-state index contributed by atoms with van der Waals surface area (Å²) < 4.78 is 5.33. The fourth-order valence-corrected chi connectivity index (χ4v) is 1.89. The van der Waals surface area contributed by atoms with Crippen LogP contribution < -0.4 is 16.0 Å². The van der Waals surface area contributed by atoms with Gasteiger partial charge in [0, 0.05) is 19.8 Å². The first-order valence-electron chi connectivity index (χ1n) is 5.50. The van der Waals surface area contributed by atoms with Crippen molar-refractivity contribution < 1.29 is 9.53 Å². The first-order chi connectivity index (χ1) is 8.24. The van der Waals surface area contributed by atoms with E-state index in [0.29, 0.717) is 31.3 Å². The van der Waals surface area contributed by atoms with Gasteiger partial charge in [0.15, 0.2) is 5.82 Å². The molecule has 17 heavy (non-hydrogen) atoms. The summed E-state index contributed by atoms with van der Waals surface area (Å²) in [7, 11) is 1.61. The van der Waals surface area contributed by atoms with Crippen molar-refractivity contribution in [2.75, 3.05) is 37.4 Å². The first kappa shape index (κ1) is 11.7. The first-order valence-corrected chi connectivity index (χ1v) is 5.50. The molecular formula is C11H16N4O2. The third-order valence-corrected chi connectivity index (χ3v) is 2.77. The SMILES string of the molecule is CNC(=O)C1COCCN1c1ncccc1N. The number of hydrogen-bond donors (Lipinski definition) is 2. The molecule has 1 aromatic rings. The number of anilines is 2. The van der Waals surface area contributed by atoms with Crippen molar-refractivity contribution in [3.05, 3.63) is 18.3 Å². The highest BCUT2D eigenvalue weighted by atomic mass is 16.5. The summed E-state index contributed by atoms with van der Waals surface area (Å²) in [5, 5.41) is 2.62. The number of nitrogen functional groups attached to an aromatic ring is 1. The largest absolute Gasteiger partial charge is 0.396 e. The number of nitrogens with two attached hydrogens (primary N) is 1. The van der Waals surface area contributed by atoms with E-state index in [0.717, 1.165) is 0 Å². The van der Waals surface area contributed by atoms with Crippen LogP contribution in [0.1, 0.15) is 0 Å². The Labute approximate surface area is 99.8 Å². The van der Waals surface area contributed by atoms with E-state index in [4.69, 9.17) is 10.5 Å². The smallest absolute Gasteiger partial charge is 0.244 e. The topological polar surface area (TPSA) is 80.5 Å². The Morgan fingerprint density at radius 1 is 1.71 bits per heavy atom. The molecule has 1 aliphatic rings. The van der Waals surface area contributed by atoms with E-state index in [2.05, 4.69) is 10.3 Å². The van der Waals surface area contributed by atoms with Gasteiger partial charge in [0.1, 0.15) is 6.04 Å². The summed E-state index contributed by atoms with van der Waals surface area (Å²) in [5.74, 6) is 0.555. The molecule has 1 unspecified atom stereocenters. The van der Waals surface area contributed by atoms with Crippen LogP contribution in [0.25, 0.3) is 0 Å². The third kappa shape index (κ3) is 2.31. The lowest BCUT2D eigenvalue weighted by molar-refractivity contribution is -0.124. The number of carbonyl (C=O) groups excluding carboxylic acids is 1. The van der Waals surface area contributed by atoms with Crippen LogP contribution in [-0.2, 0) is 9.53 Å². The molecule has 0 saturated carbocycles. The number of ether oxygens (including phenoxy) is 1. The summed E-state index contributed by atoms with van der Waals surface area (Å²) in [5.41, 5.74) is 6.45. The molecule has 6 heteroatoms. The number of likely N-dealkylation sites (N-methyl/N-ethyl adjacent to an activating group) is 1. The number of carbonyl (C=O) groups is 1. The lowest BCUT2D eigenvalue weighted by atomic mass is 10.2. The Morgan fingerprint density at radius 3 is 3.24 bits per heavy atom. The molecule has 0 aromatic carbocycles. The number of nitrogens with zero attached hydrogens (tertiary/aromatic N) is 2. The summed E-state index contributed by atoms with van der Waals surface area (Å²) in [4.78, 5) is 17.9. The average Bonchev–Trinajstić information content (AvgIpc) is 2.38. The van der Waals surface area contributed by atoms with Crippen molar-refractivity contribution in [1.82, 2.24) is 10.3 Å². The van der Waals surface area contributed by atoms with Gasteiger partial charge in [0.25, 0.3) is 0 Å². The molecule has 92 valence electrons. The fraction of sp³-hybridized carbons (Fsp3) is 0.455. The molecule has 1 aliphatic heterocycles. The summed E-state index contributed by atoms with van der Waals surface area (Å²) >= 11 is 0. The Morgan fingerprint density at radius 2 is 2.53 bits per heavy atom. The van der Waals surface area contributed by atoms with Crippen molar-refractivity contribution >= 4 is 17.4 Å². The van der Waals surface area contributed by atoms with E-state index in [9.17, 15) is 4.79 Å². The predicted molar refractivity (Wildman–Crippen MR) is 64.7 cm³/mol. The number of rotatable bonds is 2. The molecular weight excluding hydrogens is 220 g/mol. The average molecular weight is 236 g/mol. The van der Waals surface area contributed by atoms with E-state index in [1.54, 1.807) is 25.4 Å². The molecule has 0 radical (unpaired) electrons. The number of aromatic nitrogens is 1. The maximum atomic E-state index is 11.8. The molecule has 2 heterocycles. The third-order valence-electron chi connectivity index (χ3n) is 2.77. The minimum atomic E-state index is -0.369. The van der Waals surface area contributed by atoms with Gasteiger partial charge >= 0.3 is 0 Å². The van der Waals surface area contributed by atoms with Crippen LogP contribution in [0.15, 0.2) is 18.3 Å². The zero-order valence-corrected chi connectivity index (χ0v) is 9.72. The maximum Gasteiger partial charge on any atom is 0.244 e. The quantitative estimate of drug-likeness (QED) is 0.731. The van der Waals surface area contributed by atoms with E-state index >= 15 is 0 Å². The van der Waals surface area contributed by atoms with Gasteiger partial charge in [-0.25, -0.2) is 4.98 Å². The Bertz CT molecular complexity index is 410. The fourth-order valence-electron chi connectivity index (χ4n) is 1.89. The predicted octanol–water partition coefficient (Wildman–Crippen LogP) is -0.385. The number of hydrogen-bond acceptors (Lipinski definition) is 5. The highest BCUT2D eigenvalue weighted by Gasteiger charge is 2.30. The highest BCUT2D eigenvalue weighted by molar-refractivity contribution is 5.86. The van der Waals surface area contributed by atoms with Crippen LogP contribution >= 0.6 is 0 Å². The van der Waals surface area contributed by atoms with E-state index in [1.165, 1.54) is 0 Å². The highest BCUT2D eigenvalue weighted by Crippen LogP contribution is 2.23. The van der Waals surface area contributed by atoms with Gasteiger partial charge in [-0.2, -0.15) is 0 Å². The van der Waals surface area contributed by atoms with Gasteiger partial charge in [-0.05, 0) is 12.1 Å². The van der Waals surface area contributed by atoms with Gasteiger partial charge in [-0.15, -0.1) is 0 Å². The van der Waals surface area contributed by atoms with Gasteiger partial charge in [-0.3, -0.25) is 4.79 Å². The van der Waals surface area contributed by atoms with Gasteiger partial charge in [-0.1, -0.05) is 0 Å². The van der Waals surface area contributed by atoms with Crippen LogP contribution in [-0.4, -0.2) is 43.7 Å². The zero-order valence-electron chi connectivity index (χ0n) is 9.72. The molecule has 0 spiro atoms. The normalized spacial score (nSPS) is 20.1. The number of amides is 1. The summed E-state index contributed by atoms with van der Waals surface area (Å²) in [6, 6.07) is 3.18. The van der Waals surface area contributed by atoms with Crippen molar-refractivity contribution in [1.29, 1.82) is 0 Å². The molecule has 3 N–H and O–H groups in total. The van der Waals surface area contributed by atoms with E-state index < -0.39 is 0 Å². The van der Waals surface area contributed by atoms with E-state index in [-0.39, 0.29) is 11.9 Å². The number of pyridine rings is 1. The molecule has 1 fully saturated rings. The molecule has 0 aliphatic carbocycles. The standard InChI is InChI=1S/C11H16N4O2/c1-13-11(16)9-7-17-6-5-15(9)10-8(12)3-2-4-14-10/h2-4,9H,5-7,12H2,1H3,(H,13,16). The minimum Gasteiger partial charge on any atom is -0.396 e. The van der Waals surface area contributed by atoms with Crippen LogP contribution in [0.4, 0.5) is 11.5 Å². The monoisotopic (exact) mass is 236 g/mol. The molecule has 1 saturated heterocycles. The summed E-state index contributed by atoms with van der Waals surface area (Å²) in [6.45, 7) is 1.54. The van der Waals surface area contributed by atoms with Gasteiger partial charge in [0.2, 0.25) is 5.91 Å². The molecule has 1 amide bonds. The molecule has 1 atom stereocenters. The van der Waals surface area contributed by atoms with Crippen LogP contribution in [0.2, 0.25) is 0 Å². The molecule has 2 rings (SSSR count). The Hall–Kier alpha value is -1.82. The van der Waals surface area contributed by atoms with Crippen LogP contribution in [0, 0.1) is 0 Å². The molecule has 1 aromatic heterocycles. The lowest BCUT2D eigenvalue weighted by Crippen LogP contribution is -2.53. The lowest BCUT2D eigenvalue weighted by Gasteiger charge is -2.35. The zero-order chi connectivity index (χ0) is 12.3. The number of morpholine rings is 1. The second-order valence-corrected chi connectivity index (χ2v) is 3.81. The Balaban J connectivity index is 2.28. The minimum absolute atomic E-state index is 0.0882. The maximum absolute atomic E-state index is 11.8. The number of nitrogens with one attached hydrogen (secondary N) is 1. The van der Waals surface area contributed by atoms with Crippen molar-refractivity contribution in [2.45, 2.75) is 6.04 Å². The molecule has 6 nitrogen and oxygen atoms in total. The Kier molecular flexibility index (Phi) is 3.43. The second-order valence-electron chi connectivity index (χ2n) is 3.81.